The Balaban J connectivity index is 2.26. The minimum Gasteiger partial charge on any atom is -0.481 e. The fourth-order valence-corrected chi connectivity index (χ4v) is 2.92. The molecule has 0 aliphatic carbocycles. The van der Waals surface area contributed by atoms with Gasteiger partial charge in [0.15, 0.2) is 6.19 Å². The van der Waals surface area contributed by atoms with Crippen LogP contribution in [0.3, 0.4) is 0 Å². The molecule has 0 unspecified atom stereocenters. The third-order valence-electron chi connectivity index (χ3n) is 4.50. The van der Waals surface area contributed by atoms with Crippen molar-refractivity contribution in [3.63, 3.8) is 0 Å². The average molecular weight is 420 g/mol. The Labute approximate surface area is 183 Å². The van der Waals surface area contributed by atoms with Gasteiger partial charge in [-0.15, -0.1) is 0 Å². The highest BCUT2D eigenvalue weighted by atomic mass is 16.4. The van der Waals surface area contributed by atoms with E-state index in [2.05, 4.69) is 34.5 Å². The highest BCUT2D eigenvalue weighted by Gasteiger charge is 2.08. The maximum atomic E-state index is 10.8. The predicted molar refractivity (Wildman–Crippen MR) is 123 cm³/mol. The zero-order valence-electron chi connectivity index (χ0n) is 18.0. The van der Waals surface area contributed by atoms with Crippen LogP contribution in [0, 0.1) is 17.4 Å². The van der Waals surface area contributed by atoms with Crippen LogP contribution in [-0.2, 0) is 4.79 Å². The molecule has 1 aromatic heterocycles. The minimum atomic E-state index is -0.795. The van der Waals surface area contributed by atoms with Crippen LogP contribution in [0.15, 0.2) is 59.9 Å². The maximum absolute atomic E-state index is 10.8. The Morgan fingerprint density at radius 2 is 2.10 bits per heavy atom. The quantitative estimate of drug-likeness (QED) is 0.170. The lowest BCUT2D eigenvalue weighted by molar-refractivity contribution is -0.137. The summed E-state index contributed by atoms with van der Waals surface area (Å²) in [5.41, 5.74) is 3.69. The second-order valence-corrected chi connectivity index (χ2v) is 7.50. The smallest absolute Gasteiger partial charge is 0.303 e. The number of aliphatic imine (C=N–C) groups is 1. The topological polar surface area (TPSA) is 110 Å². The molecule has 7 heteroatoms. The van der Waals surface area contributed by atoms with Gasteiger partial charge in [0.2, 0.25) is 5.96 Å². The Morgan fingerprint density at radius 3 is 2.77 bits per heavy atom. The number of benzene rings is 1. The molecule has 2 rings (SSSR count). The van der Waals surface area contributed by atoms with E-state index in [1.165, 1.54) is 0 Å². The van der Waals surface area contributed by atoms with Crippen LogP contribution in [0.2, 0.25) is 0 Å². The van der Waals surface area contributed by atoms with E-state index in [9.17, 15) is 4.79 Å². The molecule has 1 aromatic carbocycles. The van der Waals surface area contributed by atoms with Gasteiger partial charge >= 0.3 is 5.97 Å². The van der Waals surface area contributed by atoms with Crippen molar-refractivity contribution in [2.24, 2.45) is 10.9 Å². The van der Waals surface area contributed by atoms with E-state index in [4.69, 9.17) is 10.4 Å². The van der Waals surface area contributed by atoms with Gasteiger partial charge in [0.25, 0.3) is 0 Å². The van der Waals surface area contributed by atoms with Gasteiger partial charge in [-0.05, 0) is 54.5 Å². The lowest BCUT2D eigenvalue weighted by Gasteiger charge is -2.13. The number of carboxylic acids is 1. The van der Waals surface area contributed by atoms with E-state index in [1.54, 1.807) is 12.4 Å². The summed E-state index contributed by atoms with van der Waals surface area (Å²) in [5.74, 6) is 0.147. The van der Waals surface area contributed by atoms with Crippen molar-refractivity contribution in [3.8, 4) is 6.19 Å². The molecule has 0 amide bonds. The number of nitrogens with zero attached hydrogens (tertiary/aromatic N) is 3. The van der Waals surface area contributed by atoms with Crippen LogP contribution >= 0.6 is 0 Å². The van der Waals surface area contributed by atoms with Crippen molar-refractivity contribution in [3.05, 3.63) is 66.0 Å². The first-order valence-corrected chi connectivity index (χ1v) is 10.4. The summed E-state index contributed by atoms with van der Waals surface area (Å²) in [6, 6.07) is 11.7. The van der Waals surface area contributed by atoms with Gasteiger partial charge in [-0.3, -0.25) is 20.1 Å². The Bertz CT molecular complexity index is 946. The first-order valence-electron chi connectivity index (χ1n) is 10.4. The average Bonchev–Trinajstić information content (AvgIpc) is 2.74. The van der Waals surface area contributed by atoms with E-state index in [1.807, 2.05) is 48.7 Å². The standard InChI is InChI=1S/C24H29N5O2/c1-18(2)12-14-27-24(28-17-25)29-21-9-5-7-19(15-21)22(10-3-4-11-23(30)31)20-8-6-13-26-16-20/h5-10,13,15-16,18H,3-4,11-12,14H2,1-2H3,(H,30,31)(H2,27,28,29)/b22-10+. The van der Waals surface area contributed by atoms with Crippen molar-refractivity contribution in [2.75, 3.05) is 11.9 Å². The SMILES string of the molecule is CC(C)CCN=C(NC#N)Nc1cccc(/C(=C\CCCC(=O)O)c2cccnc2)c1. The number of anilines is 1. The molecular weight excluding hydrogens is 390 g/mol. The van der Waals surface area contributed by atoms with Gasteiger partial charge < -0.3 is 10.4 Å². The molecule has 0 radical (unpaired) electrons. The lowest BCUT2D eigenvalue weighted by Crippen LogP contribution is -2.27. The second kappa shape index (κ2) is 12.8. The molecular formula is C24H29N5O2. The number of rotatable bonds is 10. The fraction of sp³-hybridized carbons (Fsp3) is 0.333. The van der Waals surface area contributed by atoms with Crippen molar-refractivity contribution < 1.29 is 9.90 Å². The van der Waals surface area contributed by atoms with Gasteiger partial charge in [0.05, 0.1) is 0 Å². The molecule has 0 saturated heterocycles. The van der Waals surface area contributed by atoms with Gasteiger partial charge in [0, 0.05) is 36.6 Å². The first kappa shape index (κ1) is 23.6. The molecule has 2 aromatic rings. The molecule has 0 spiro atoms. The van der Waals surface area contributed by atoms with E-state index < -0.39 is 5.97 Å². The summed E-state index contributed by atoms with van der Waals surface area (Å²) >= 11 is 0. The predicted octanol–water partition coefficient (Wildman–Crippen LogP) is 4.65. The summed E-state index contributed by atoms with van der Waals surface area (Å²) in [7, 11) is 0. The zero-order chi connectivity index (χ0) is 22.5. The molecule has 162 valence electrons. The highest BCUT2D eigenvalue weighted by Crippen LogP contribution is 2.26. The molecule has 0 bridgehead atoms. The van der Waals surface area contributed by atoms with Gasteiger partial charge in [0.1, 0.15) is 0 Å². The molecule has 0 aliphatic heterocycles. The molecule has 1 heterocycles. The summed E-state index contributed by atoms with van der Waals surface area (Å²) < 4.78 is 0. The third-order valence-corrected chi connectivity index (χ3v) is 4.50. The number of allylic oxidation sites excluding steroid dienone is 1. The van der Waals surface area contributed by atoms with Crippen molar-refractivity contribution in [2.45, 2.75) is 39.5 Å². The van der Waals surface area contributed by atoms with Crippen LogP contribution in [-0.4, -0.2) is 28.6 Å². The zero-order valence-corrected chi connectivity index (χ0v) is 18.0. The Morgan fingerprint density at radius 1 is 1.29 bits per heavy atom. The van der Waals surface area contributed by atoms with Crippen molar-refractivity contribution in [1.29, 1.82) is 5.26 Å². The number of aromatic nitrogens is 1. The molecule has 0 saturated carbocycles. The van der Waals surface area contributed by atoms with Crippen LogP contribution in [0.25, 0.3) is 5.57 Å². The number of unbranched alkanes of at least 4 members (excludes halogenated alkanes) is 1. The summed E-state index contributed by atoms with van der Waals surface area (Å²) in [6.07, 6.45) is 9.75. The number of carbonyl (C=O) groups is 1. The third kappa shape index (κ3) is 8.70. The number of nitriles is 1. The Hall–Kier alpha value is -3.66. The summed E-state index contributed by atoms with van der Waals surface area (Å²) in [6.45, 7) is 4.89. The molecule has 7 nitrogen and oxygen atoms in total. The molecule has 0 aliphatic rings. The number of aliphatic carboxylic acids is 1. The number of nitrogens with one attached hydrogen (secondary N) is 2. The summed E-state index contributed by atoms with van der Waals surface area (Å²) in [4.78, 5) is 19.5. The summed E-state index contributed by atoms with van der Waals surface area (Å²) in [5, 5.41) is 23.7. The van der Waals surface area contributed by atoms with E-state index in [0.29, 0.717) is 31.3 Å². The van der Waals surface area contributed by atoms with Crippen LogP contribution < -0.4 is 10.6 Å². The normalized spacial score (nSPS) is 11.8. The van der Waals surface area contributed by atoms with E-state index in [-0.39, 0.29) is 6.42 Å². The maximum Gasteiger partial charge on any atom is 0.303 e. The molecule has 3 N–H and O–H groups in total. The number of carboxylic acid groups (broad SMARTS) is 1. The second-order valence-electron chi connectivity index (χ2n) is 7.50. The van der Waals surface area contributed by atoms with Gasteiger partial charge in [-0.2, -0.15) is 5.26 Å². The molecule has 31 heavy (non-hydrogen) atoms. The van der Waals surface area contributed by atoms with Crippen LogP contribution in [0.4, 0.5) is 5.69 Å². The van der Waals surface area contributed by atoms with Crippen LogP contribution in [0.1, 0.15) is 50.7 Å². The lowest BCUT2D eigenvalue weighted by atomic mass is 9.97. The van der Waals surface area contributed by atoms with Crippen LogP contribution in [0.5, 0.6) is 0 Å². The number of guanidine groups is 1. The van der Waals surface area contributed by atoms with Gasteiger partial charge in [-0.1, -0.05) is 38.1 Å². The molecule has 0 atom stereocenters. The van der Waals surface area contributed by atoms with E-state index >= 15 is 0 Å². The minimum absolute atomic E-state index is 0.133. The van der Waals surface area contributed by atoms with Crippen molar-refractivity contribution in [1.82, 2.24) is 10.3 Å². The van der Waals surface area contributed by atoms with E-state index in [0.717, 1.165) is 28.8 Å². The largest absolute Gasteiger partial charge is 0.481 e. The number of pyridine rings is 1. The Kier molecular flexibility index (Phi) is 9.76. The fourth-order valence-electron chi connectivity index (χ4n) is 2.92. The first-order chi connectivity index (χ1) is 15.0. The highest BCUT2D eigenvalue weighted by molar-refractivity contribution is 5.95. The number of hydrogen-bond acceptors (Lipinski definition) is 4. The number of hydrogen-bond donors (Lipinski definition) is 3. The van der Waals surface area contributed by atoms with Crippen molar-refractivity contribution >= 4 is 23.2 Å². The molecule has 0 fully saturated rings. The monoisotopic (exact) mass is 419 g/mol. The van der Waals surface area contributed by atoms with Gasteiger partial charge in [-0.25, -0.2) is 0 Å².